The second kappa shape index (κ2) is 8.44. The standard InChI is InChI=1S/C17H16N2O6/c1-12-9-13(19(22)23)7-8-15(12)18-16(20)10-25-17(21)11-24-14-5-3-2-4-6-14/h2-9H,10-11H2,1H3,(H,18,20). The predicted molar refractivity (Wildman–Crippen MR) is 89.4 cm³/mol. The van der Waals surface area contributed by atoms with Gasteiger partial charge in [-0.25, -0.2) is 4.79 Å². The van der Waals surface area contributed by atoms with Crippen molar-refractivity contribution < 1.29 is 24.0 Å². The fourth-order valence-corrected chi connectivity index (χ4v) is 1.93. The van der Waals surface area contributed by atoms with E-state index in [0.717, 1.165) is 0 Å². The Morgan fingerprint density at radius 2 is 1.84 bits per heavy atom. The molecule has 0 bridgehead atoms. The maximum atomic E-state index is 11.8. The molecule has 8 heteroatoms. The van der Waals surface area contributed by atoms with Gasteiger partial charge in [0.1, 0.15) is 5.75 Å². The third-order valence-corrected chi connectivity index (χ3v) is 3.16. The molecule has 130 valence electrons. The minimum Gasteiger partial charge on any atom is -0.482 e. The van der Waals surface area contributed by atoms with Crippen LogP contribution in [0.5, 0.6) is 5.75 Å². The van der Waals surface area contributed by atoms with E-state index in [-0.39, 0.29) is 12.3 Å². The van der Waals surface area contributed by atoms with Gasteiger partial charge < -0.3 is 14.8 Å². The minimum absolute atomic E-state index is 0.0695. The van der Waals surface area contributed by atoms with Gasteiger partial charge in [0.15, 0.2) is 13.2 Å². The zero-order chi connectivity index (χ0) is 18.2. The lowest BCUT2D eigenvalue weighted by molar-refractivity contribution is -0.384. The van der Waals surface area contributed by atoms with Crippen LogP contribution >= 0.6 is 0 Å². The molecule has 1 N–H and O–H groups in total. The highest BCUT2D eigenvalue weighted by Gasteiger charge is 2.12. The number of carbonyl (C=O) groups is 2. The molecule has 25 heavy (non-hydrogen) atoms. The van der Waals surface area contributed by atoms with E-state index >= 15 is 0 Å². The smallest absolute Gasteiger partial charge is 0.344 e. The lowest BCUT2D eigenvalue weighted by atomic mass is 10.2. The molecule has 0 aliphatic rings. The van der Waals surface area contributed by atoms with Gasteiger partial charge in [-0.3, -0.25) is 14.9 Å². The van der Waals surface area contributed by atoms with Gasteiger partial charge in [-0.15, -0.1) is 0 Å². The zero-order valence-electron chi connectivity index (χ0n) is 13.4. The van der Waals surface area contributed by atoms with Gasteiger partial charge in [0.05, 0.1) is 4.92 Å². The molecule has 0 saturated carbocycles. The van der Waals surface area contributed by atoms with Crippen molar-refractivity contribution in [3.05, 3.63) is 64.2 Å². The van der Waals surface area contributed by atoms with Crippen LogP contribution in [0.3, 0.4) is 0 Å². The molecular formula is C17H16N2O6. The fraction of sp³-hybridized carbons (Fsp3) is 0.176. The van der Waals surface area contributed by atoms with Crippen molar-refractivity contribution in [2.24, 2.45) is 0 Å². The number of ether oxygens (including phenoxy) is 2. The van der Waals surface area contributed by atoms with Crippen LogP contribution in [0.15, 0.2) is 48.5 Å². The molecule has 2 aromatic rings. The number of nitrogens with one attached hydrogen (secondary N) is 1. The Morgan fingerprint density at radius 1 is 1.12 bits per heavy atom. The summed E-state index contributed by atoms with van der Waals surface area (Å²) >= 11 is 0. The number of nitrogens with zero attached hydrogens (tertiary/aromatic N) is 1. The molecule has 0 fully saturated rings. The minimum atomic E-state index is -0.681. The summed E-state index contributed by atoms with van der Waals surface area (Å²) in [6.07, 6.45) is 0. The molecule has 0 aliphatic heterocycles. The summed E-state index contributed by atoms with van der Waals surface area (Å²) < 4.78 is 10.0. The number of para-hydroxylation sites is 1. The summed E-state index contributed by atoms with van der Waals surface area (Å²) in [5, 5.41) is 13.2. The maximum Gasteiger partial charge on any atom is 0.344 e. The monoisotopic (exact) mass is 344 g/mol. The molecular weight excluding hydrogens is 328 g/mol. The number of rotatable bonds is 7. The molecule has 0 aromatic heterocycles. The maximum absolute atomic E-state index is 11.8. The van der Waals surface area contributed by atoms with E-state index in [0.29, 0.717) is 17.0 Å². The number of hydrogen-bond acceptors (Lipinski definition) is 6. The summed E-state index contributed by atoms with van der Waals surface area (Å²) in [5.41, 5.74) is 0.869. The average molecular weight is 344 g/mol. The number of hydrogen-bond donors (Lipinski definition) is 1. The van der Waals surface area contributed by atoms with E-state index in [2.05, 4.69) is 5.32 Å². The van der Waals surface area contributed by atoms with E-state index in [9.17, 15) is 19.7 Å². The number of amides is 1. The highest BCUT2D eigenvalue weighted by Crippen LogP contribution is 2.21. The van der Waals surface area contributed by atoms with Crippen LogP contribution in [-0.4, -0.2) is 30.0 Å². The van der Waals surface area contributed by atoms with Crippen molar-refractivity contribution in [3.63, 3.8) is 0 Å². The second-order valence-electron chi connectivity index (χ2n) is 5.07. The third-order valence-electron chi connectivity index (χ3n) is 3.16. The van der Waals surface area contributed by atoms with Crippen molar-refractivity contribution in [2.75, 3.05) is 18.5 Å². The van der Waals surface area contributed by atoms with Crippen LogP contribution in [0, 0.1) is 17.0 Å². The topological polar surface area (TPSA) is 108 Å². The van der Waals surface area contributed by atoms with E-state index < -0.39 is 23.4 Å². The molecule has 0 spiro atoms. The predicted octanol–water partition coefficient (Wildman–Crippen LogP) is 2.46. The van der Waals surface area contributed by atoms with Crippen LogP contribution < -0.4 is 10.1 Å². The lowest BCUT2D eigenvalue weighted by Gasteiger charge is -2.09. The molecule has 1 amide bonds. The molecule has 0 radical (unpaired) electrons. The lowest BCUT2D eigenvalue weighted by Crippen LogP contribution is -2.24. The van der Waals surface area contributed by atoms with Gasteiger partial charge in [0, 0.05) is 17.8 Å². The largest absolute Gasteiger partial charge is 0.482 e. The number of benzene rings is 2. The Morgan fingerprint density at radius 3 is 2.48 bits per heavy atom. The molecule has 2 aromatic carbocycles. The zero-order valence-corrected chi connectivity index (χ0v) is 13.4. The number of nitro benzene ring substituents is 1. The van der Waals surface area contributed by atoms with E-state index in [1.807, 2.05) is 6.07 Å². The first kappa shape index (κ1) is 17.9. The van der Waals surface area contributed by atoms with Crippen molar-refractivity contribution >= 4 is 23.3 Å². The van der Waals surface area contributed by atoms with Gasteiger partial charge >= 0.3 is 5.97 Å². The Bertz CT molecular complexity index is 776. The van der Waals surface area contributed by atoms with E-state index in [1.54, 1.807) is 31.2 Å². The molecule has 0 atom stereocenters. The van der Waals surface area contributed by atoms with Crippen LogP contribution in [-0.2, 0) is 14.3 Å². The van der Waals surface area contributed by atoms with Gasteiger partial charge in [-0.1, -0.05) is 18.2 Å². The summed E-state index contributed by atoms with van der Waals surface area (Å²) in [4.78, 5) is 33.5. The highest BCUT2D eigenvalue weighted by molar-refractivity contribution is 5.93. The number of non-ortho nitro benzene ring substituents is 1. The van der Waals surface area contributed by atoms with Crippen LogP contribution in [0.25, 0.3) is 0 Å². The number of anilines is 1. The molecule has 2 rings (SSSR count). The summed E-state index contributed by atoms with van der Waals surface area (Å²) in [6.45, 7) is 0.837. The summed E-state index contributed by atoms with van der Waals surface area (Å²) in [6, 6.07) is 12.8. The first-order valence-corrected chi connectivity index (χ1v) is 7.34. The number of nitro groups is 1. The molecule has 8 nitrogen and oxygen atoms in total. The molecule has 0 unspecified atom stereocenters. The van der Waals surface area contributed by atoms with Gasteiger partial charge in [0.2, 0.25) is 0 Å². The normalized spacial score (nSPS) is 9.96. The Hall–Kier alpha value is -3.42. The van der Waals surface area contributed by atoms with Gasteiger partial charge in [-0.2, -0.15) is 0 Å². The Kier molecular flexibility index (Phi) is 6.05. The highest BCUT2D eigenvalue weighted by atomic mass is 16.6. The number of carbonyl (C=O) groups excluding carboxylic acids is 2. The summed E-state index contributed by atoms with van der Waals surface area (Å²) in [5.74, 6) is -0.713. The van der Waals surface area contributed by atoms with E-state index in [4.69, 9.17) is 9.47 Å². The first-order chi connectivity index (χ1) is 12.0. The van der Waals surface area contributed by atoms with Gasteiger partial charge in [0.25, 0.3) is 11.6 Å². The van der Waals surface area contributed by atoms with Crippen LogP contribution in [0.4, 0.5) is 11.4 Å². The Balaban J connectivity index is 1.78. The average Bonchev–Trinajstić information content (AvgIpc) is 2.60. The van der Waals surface area contributed by atoms with Gasteiger partial charge in [-0.05, 0) is 30.7 Å². The third kappa shape index (κ3) is 5.61. The Labute approximate surface area is 143 Å². The van der Waals surface area contributed by atoms with Crippen molar-refractivity contribution in [1.82, 2.24) is 0 Å². The summed E-state index contributed by atoms with van der Waals surface area (Å²) in [7, 11) is 0. The number of esters is 1. The molecule has 0 saturated heterocycles. The van der Waals surface area contributed by atoms with Crippen molar-refractivity contribution in [2.45, 2.75) is 6.92 Å². The SMILES string of the molecule is Cc1cc([N+](=O)[O-])ccc1NC(=O)COC(=O)COc1ccccc1. The number of aryl methyl sites for hydroxylation is 1. The quantitative estimate of drug-likeness (QED) is 0.469. The van der Waals surface area contributed by atoms with Crippen LogP contribution in [0.2, 0.25) is 0 Å². The second-order valence-corrected chi connectivity index (χ2v) is 5.07. The molecule has 0 aliphatic carbocycles. The first-order valence-electron chi connectivity index (χ1n) is 7.34. The van der Waals surface area contributed by atoms with Crippen LogP contribution in [0.1, 0.15) is 5.56 Å². The van der Waals surface area contributed by atoms with E-state index in [1.165, 1.54) is 18.2 Å². The fourth-order valence-electron chi connectivity index (χ4n) is 1.93. The molecule has 0 heterocycles. The van der Waals surface area contributed by atoms with Crippen molar-refractivity contribution in [3.8, 4) is 5.75 Å². The van der Waals surface area contributed by atoms with Crippen molar-refractivity contribution in [1.29, 1.82) is 0 Å².